The number of amides is 2. The van der Waals surface area contributed by atoms with Crippen LogP contribution in [0.5, 0.6) is 0 Å². The smallest absolute Gasteiger partial charge is 0.319 e. The molecule has 1 aliphatic carbocycles. The van der Waals surface area contributed by atoms with Gasteiger partial charge in [-0.3, -0.25) is 4.79 Å². The Morgan fingerprint density at radius 1 is 1.19 bits per heavy atom. The summed E-state index contributed by atoms with van der Waals surface area (Å²) in [5, 5.41) is 14.4. The molecule has 0 aliphatic heterocycles. The zero-order chi connectivity index (χ0) is 15.4. The van der Waals surface area contributed by atoms with E-state index in [0.29, 0.717) is 12.1 Å². The molecule has 112 valence electrons. The molecule has 2 unspecified atom stereocenters. The second kappa shape index (κ2) is 6.30. The van der Waals surface area contributed by atoms with Crippen LogP contribution >= 0.6 is 0 Å². The number of urea groups is 1. The van der Waals surface area contributed by atoms with E-state index in [1.807, 2.05) is 43.3 Å². The van der Waals surface area contributed by atoms with Crippen molar-refractivity contribution in [1.29, 1.82) is 0 Å². The molecule has 0 radical (unpaired) electrons. The van der Waals surface area contributed by atoms with Crippen LogP contribution in [0, 0.1) is 5.92 Å². The van der Waals surface area contributed by atoms with Gasteiger partial charge in [0.25, 0.3) is 0 Å². The van der Waals surface area contributed by atoms with E-state index in [1.165, 1.54) is 0 Å². The zero-order valence-electron chi connectivity index (χ0n) is 12.0. The molecule has 2 amide bonds. The number of hydrogen-bond acceptors (Lipinski definition) is 3. The number of carboxylic acids is 1. The minimum atomic E-state index is -0.866. The standard InChI is InChI=1S/C15H19N3O3/c1-18(2)13-7-5-11(6-8-13)16-15(21)17-12-4-3-10(9-12)14(19)20/h3-8,10,12H,9H2,1-2H3,(H,19,20)(H2,16,17,21). The number of nitrogens with zero attached hydrogens (tertiary/aromatic N) is 1. The highest BCUT2D eigenvalue weighted by atomic mass is 16.4. The second-order valence-corrected chi connectivity index (χ2v) is 5.21. The SMILES string of the molecule is CN(C)c1ccc(NC(=O)NC2C=CC(C(=O)O)C2)cc1. The van der Waals surface area contributed by atoms with Crippen molar-refractivity contribution >= 4 is 23.4 Å². The minimum Gasteiger partial charge on any atom is -0.481 e. The van der Waals surface area contributed by atoms with Gasteiger partial charge in [-0.15, -0.1) is 0 Å². The van der Waals surface area contributed by atoms with Gasteiger partial charge >= 0.3 is 12.0 Å². The Balaban J connectivity index is 1.85. The Morgan fingerprint density at radius 2 is 1.86 bits per heavy atom. The summed E-state index contributed by atoms with van der Waals surface area (Å²) >= 11 is 0. The average molecular weight is 289 g/mol. The van der Waals surface area contributed by atoms with Crippen molar-refractivity contribution < 1.29 is 14.7 Å². The molecule has 0 aromatic heterocycles. The molecule has 0 spiro atoms. The molecule has 0 bridgehead atoms. The fourth-order valence-electron chi connectivity index (χ4n) is 2.17. The number of carbonyl (C=O) groups excluding carboxylic acids is 1. The first kappa shape index (κ1) is 14.9. The van der Waals surface area contributed by atoms with Gasteiger partial charge in [-0.05, 0) is 30.7 Å². The minimum absolute atomic E-state index is 0.243. The molecule has 3 N–H and O–H groups in total. The first-order valence-corrected chi connectivity index (χ1v) is 6.72. The molecular formula is C15H19N3O3. The lowest BCUT2D eigenvalue weighted by atomic mass is 10.1. The van der Waals surface area contributed by atoms with E-state index in [1.54, 1.807) is 12.2 Å². The van der Waals surface area contributed by atoms with Crippen LogP contribution in [0.3, 0.4) is 0 Å². The number of hydrogen-bond donors (Lipinski definition) is 3. The second-order valence-electron chi connectivity index (χ2n) is 5.21. The topological polar surface area (TPSA) is 81.7 Å². The molecule has 2 rings (SSSR count). The monoisotopic (exact) mass is 289 g/mol. The highest BCUT2D eigenvalue weighted by Gasteiger charge is 2.25. The maximum Gasteiger partial charge on any atom is 0.319 e. The van der Waals surface area contributed by atoms with Gasteiger partial charge in [-0.1, -0.05) is 12.2 Å². The number of benzene rings is 1. The van der Waals surface area contributed by atoms with Crippen LogP contribution in [0.25, 0.3) is 0 Å². The summed E-state index contributed by atoms with van der Waals surface area (Å²) in [5.74, 6) is -1.38. The Bertz CT molecular complexity index is 552. The van der Waals surface area contributed by atoms with Crippen molar-refractivity contribution in [1.82, 2.24) is 5.32 Å². The number of carbonyl (C=O) groups is 2. The van der Waals surface area contributed by atoms with Gasteiger partial charge in [0.1, 0.15) is 0 Å². The number of anilines is 2. The van der Waals surface area contributed by atoms with E-state index in [0.717, 1.165) is 5.69 Å². The highest BCUT2D eigenvalue weighted by Crippen LogP contribution is 2.19. The largest absolute Gasteiger partial charge is 0.481 e. The summed E-state index contributed by atoms with van der Waals surface area (Å²) < 4.78 is 0. The van der Waals surface area contributed by atoms with Crippen molar-refractivity contribution in [3.05, 3.63) is 36.4 Å². The van der Waals surface area contributed by atoms with Gasteiger partial charge in [-0.25, -0.2) is 4.79 Å². The molecule has 1 aliphatic rings. The summed E-state index contributed by atoms with van der Waals surface area (Å²) in [4.78, 5) is 24.6. The lowest BCUT2D eigenvalue weighted by Crippen LogP contribution is -2.36. The lowest BCUT2D eigenvalue weighted by Gasteiger charge is -2.15. The number of rotatable bonds is 4. The van der Waals surface area contributed by atoms with E-state index in [-0.39, 0.29) is 12.1 Å². The van der Waals surface area contributed by atoms with Gasteiger partial charge in [0.15, 0.2) is 0 Å². The average Bonchev–Trinajstić information content (AvgIpc) is 2.87. The number of carboxylic acid groups (broad SMARTS) is 1. The van der Waals surface area contributed by atoms with E-state index in [4.69, 9.17) is 5.11 Å². The normalized spacial score (nSPS) is 20.1. The lowest BCUT2D eigenvalue weighted by molar-refractivity contribution is -0.140. The summed E-state index contributed by atoms with van der Waals surface area (Å²) in [6, 6.07) is 6.87. The fourth-order valence-corrected chi connectivity index (χ4v) is 2.17. The maximum absolute atomic E-state index is 11.8. The highest BCUT2D eigenvalue weighted by molar-refractivity contribution is 5.90. The molecular weight excluding hydrogens is 270 g/mol. The van der Waals surface area contributed by atoms with Crippen LogP contribution in [0.4, 0.5) is 16.2 Å². The van der Waals surface area contributed by atoms with Crippen LogP contribution in [0.1, 0.15) is 6.42 Å². The van der Waals surface area contributed by atoms with Crippen molar-refractivity contribution in [2.45, 2.75) is 12.5 Å². The first-order chi connectivity index (χ1) is 9.95. The van der Waals surface area contributed by atoms with Crippen LogP contribution < -0.4 is 15.5 Å². The van der Waals surface area contributed by atoms with E-state index < -0.39 is 11.9 Å². The van der Waals surface area contributed by atoms with Crippen molar-refractivity contribution in [2.24, 2.45) is 5.92 Å². The molecule has 21 heavy (non-hydrogen) atoms. The molecule has 1 aromatic rings. The van der Waals surface area contributed by atoms with Crippen LogP contribution in [0.2, 0.25) is 0 Å². The molecule has 0 heterocycles. The van der Waals surface area contributed by atoms with Gasteiger partial charge in [0.05, 0.1) is 12.0 Å². The van der Waals surface area contributed by atoms with Crippen molar-refractivity contribution in [3.63, 3.8) is 0 Å². The fraction of sp³-hybridized carbons (Fsp3) is 0.333. The molecule has 0 saturated heterocycles. The molecule has 1 aromatic carbocycles. The summed E-state index contributed by atoms with van der Waals surface area (Å²) in [6.45, 7) is 0. The van der Waals surface area contributed by atoms with E-state index >= 15 is 0 Å². The van der Waals surface area contributed by atoms with Crippen molar-refractivity contribution in [3.8, 4) is 0 Å². The Hall–Kier alpha value is -2.50. The molecule has 2 atom stereocenters. The molecule has 6 nitrogen and oxygen atoms in total. The maximum atomic E-state index is 11.8. The van der Waals surface area contributed by atoms with Gasteiger partial charge in [0.2, 0.25) is 0 Å². The van der Waals surface area contributed by atoms with Crippen LogP contribution in [-0.2, 0) is 4.79 Å². The first-order valence-electron chi connectivity index (χ1n) is 6.72. The number of aliphatic carboxylic acids is 1. The van der Waals surface area contributed by atoms with Crippen LogP contribution in [0.15, 0.2) is 36.4 Å². The van der Waals surface area contributed by atoms with Crippen molar-refractivity contribution in [2.75, 3.05) is 24.3 Å². The Morgan fingerprint density at radius 3 is 2.38 bits per heavy atom. The summed E-state index contributed by atoms with van der Waals surface area (Å²) in [6.07, 6.45) is 3.72. The molecule has 6 heteroatoms. The Labute approximate surface area is 123 Å². The number of nitrogens with one attached hydrogen (secondary N) is 2. The third kappa shape index (κ3) is 3.98. The third-order valence-electron chi connectivity index (χ3n) is 3.36. The summed E-state index contributed by atoms with van der Waals surface area (Å²) in [7, 11) is 3.89. The quantitative estimate of drug-likeness (QED) is 0.739. The molecule has 0 saturated carbocycles. The van der Waals surface area contributed by atoms with Gasteiger partial charge < -0.3 is 20.6 Å². The van der Waals surface area contributed by atoms with Gasteiger partial charge in [0, 0.05) is 25.5 Å². The van der Waals surface area contributed by atoms with Crippen LogP contribution in [-0.4, -0.2) is 37.2 Å². The van der Waals surface area contributed by atoms with Gasteiger partial charge in [-0.2, -0.15) is 0 Å². The Kier molecular flexibility index (Phi) is 4.47. The molecule has 0 fully saturated rings. The summed E-state index contributed by atoms with van der Waals surface area (Å²) in [5.41, 5.74) is 1.74. The predicted octanol–water partition coefficient (Wildman–Crippen LogP) is 1.90. The van der Waals surface area contributed by atoms with E-state index in [2.05, 4.69) is 10.6 Å². The third-order valence-corrected chi connectivity index (χ3v) is 3.36. The van der Waals surface area contributed by atoms with E-state index in [9.17, 15) is 9.59 Å². The zero-order valence-corrected chi connectivity index (χ0v) is 12.0. The predicted molar refractivity (Wildman–Crippen MR) is 81.6 cm³/mol.